The zero-order valence-corrected chi connectivity index (χ0v) is 13.7. The molecule has 0 fully saturated rings. The molecule has 6 heteroatoms. The second kappa shape index (κ2) is 16.4. The summed E-state index contributed by atoms with van der Waals surface area (Å²) in [7, 11) is 0. The van der Waals surface area contributed by atoms with E-state index in [9.17, 15) is 4.79 Å². The maximum atomic E-state index is 11.6. The SMILES string of the molecule is C=C(CCCCC)C(=O)OCCOCCOCCOCCO. The number of aliphatic hydroxyl groups is 1. The van der Waals surface area contributed by atoms with Gasteiger partial charge in [-0.2, -0.15) is 0 Å². The molecule has 0 aliphatic heterocycles. The summed E-state index contributed by atoms with van der Waals surface area (Å²) in [5.41, 5.74) is 0.527. The minimum atomic E-state index is -0.336. The number of hydrogen-bond acceptors (Lipinski definition) is 6. The third-order valence-electron chi connectivity index (χ3n) is 2.81. The first-order valence-corrected chi connectivity index (χ1v) is 7.91. The molecule has 0 bridgehead atoms. The predicted octanol–water partition coefficient (Wildman–Crippen LogP) is 1.71. The van der Waals surface area contributed by atoms with E-state index in [2.05, 4.69) is 13.5 Å². The van der Waals surface area contributed by atoms with Gasteiger partial charge in [0.15, 0.2) is 0 Å². The molecule has 0 radical (unpaired) electrons. The van der Waals surface area contributed by atoms with Crippen LogP contribution in [0.4, 0.5) is 0 Å². The van der Waals surface area contributed by atoms with E-state index in [-0.39, 0.29) is 19.2 Å². The van der Waals surface area contributed by atoms with Gasteiger partial charge in [-0.15, -0.1) is 0 Å². The Morgan fingerprint density at radius 2 is 1.45 bits per heavy atom. The van der Waals surface area contributed by atoms with E-state index < -0.39 is 0 Å². The van der Waals surface area contributed by atoms with E-state index in [1.54, 1.807) is 0 Å². The lowest BCUT2D eigenvalue weighted by molar-refractivity contribution is -0.140. The Kier molecular flexibility index (Phi) is 15.7. The molecule has 0 atom stereocenters. The third-order valence-corrected chi connectivity index (χ3v) is 2.81. The molecule has 0 aromatic carbocycles. The lowest BCUT2D eigenvalue weighted by atomic mass is 10.1. The fourth-order valence-corrected chi connectivity index (χ4v) is 1.59. The molecule has 130 valence electrons. The summed E-state index contributed by atoms with van der Waals surface area (Å²) >= 11 is 0. The van der Waals surface area contributed by atoms with Crippen molar-refractivity contribution in [3.63, 3.8) is 0 Å². The smallest absolute Gasteiger partial charge is 0.333 e. The summed E-state index contributed by atoms with van der Waals surface area (Å²) in [6, 6.07) is 0. The van der Waals surface area contributed by atoms with Gasteiger partial charge >= 0.3 is 5.97 Å². The summed E-state index contributed by atoms with van der Waals surface area (Å²) in [6.45, 7) is 8.59. The summed E-state index contributed by atoms with van der Waals surface area (Å²) in [5, 5.41) is 8.49. The number of aliphatic hydroxyl groups excluding tert-OH is 1. The second-order valence-electron chi connectivity index (χ2n) is 4.76. The highest BCUT2D eigenvalue weighted by molar-refractivity contribution is 5.87. The molecule has 0 unspecified atom stereocenters. The van der Waals surface area contributed by atoms with Crippen LogP contribution in [0.15, 0.2) is 12.2 Å². The Bertz CT molecular complexity index is 280. The largest absolute Gasteiger partial charge is 0.460 e. The van der Waals surface area contributed by atoms with Crippen molar-refractivity contribution in [2.45, 2.75) is 32.6 Å². The molecule has 22 heavy (non-hydrogen) atoms. The van der Waals surface area contributed by atoms with Crippen LogP contribution in [-0.2, 0) is 23.7 Å². The number of unbranched alkanes of at least 4 members (excludes halogenated alkanes) is 2. The monoisotopic (exact) mass is 318 g/mol. The topological polar surface area (TPSA) is 74.2 Å². The quantitative estimate of drug-likeness (QED) is 0.265. The second-order valence-corrected chi connectivity index (χ2v) is 4.76. The Morgan fingerprint density at radius 1 is 0.909 bits per heavy atom. The maximum Gasteiger partial charge on any atom is 0.333 e. The predicted molar refractivity (Wildman–Crippen MR) is 83.8 cm³/mol. The number of carbonyl (C=O) groups excluding carboxylic acids is 1. The highest BCUT2D eigenvalue weighted by atomic mass is 16.6. The number of ether oxygens (including phenoxy) is 4. The van der Waals surface area contributed by atoms with Crippen molar-refractivity contribution >= 4 is 5.97 Å². The zero-order chi connectivity index (χ0) is 16.5. The van der Waals surface area contributed by atoms with Crippen molar-refractivity contribution in [2.75, 3.05) is 52.9 Å². The van der Waals surface area contributed by atoms with E-state index in [1.165, 1.54) is 0 Å². The van der Waals surface area contributed by atoms with Crippen LogP contribution < -0.4 is 0 Å². The Labute approximate surface area is 133 Å². The van der Waals surface area contributed by atoms with Crippen molar-refractivity contribution in [3.05, 3.63) is 12.2 Å². The summed E-state index contributed by atoms with van der Waals surface area (Å²) in [5.74, 6) is -0.336. The van der Waals surface area contributed by atoms with Gasteiger partial charge in [-0.1, -0.05) is 26.3 Å². The Hall–Kier alpha value is -0.950. The van der Waals surface area contributed by atoms with E-state index in [1.807, 2.05) is 0 Å². The highest BCUT2D eigenvalue weighted by Gasteiger charge is 2.07. The molecule has 1 N–H and O–H groups in total. The van der Waals surface area contributed by atoms with Crippen LogP contribution in [0.3, 0.4) is 0 Å². The molecule has 6 nitrogen and oxygen atoms in total. The molecule has 0 heterocycles. The first kappa shape index (κ1) is 21.0. The van der Waals surface area contributed by atoms with Crippen LogP contribution >= 0.6 is 0 Å². The average molecular weight is 318 g/mol. The van der Waals surface area contributed by atoms with E-state index in [0.29, 0.717) is 51.6 Å². The van der Waals surface area contributed by atoms with Gasteiger partial charge in [-0.3, -0.25) is 0 Å². The van der Waals surface area contributed by atoms with Crippen LogP contribution in [-0.4, -0.2) is 63.9 Å². The number of rotatable bonds is 16. The van der Waals surface area contributed by atoms with Gasteiger partial charge in [0.25, 0.3) is 0 Å². The molecule has 0 aliphatic carbocycles. The molecule has 0 rings (SSSR count). The van der Waals surface area contributed by atoms with Crippen molar-refractivity contribution in [1.82, 2.24) is 0 Å². The van der Waals surface area contributed by atoms with Crippen LogP contribution in [0, 0.1) is 0 Å². The molecular weight excluding hydrogens is 288 g/mol. The normalized spacial score (nSPS) is 10.6. The van der Waals surface area contributed by atoms with Crippen LogP contribution in [0.5, 0.6) is 0 Å². The van der Waals surface area contributed by atoms with Gasteiger partial charge in [-0.05, 0) is 12.8 Å². The average Bonchev–Trinajstić information content (AvgIpc) is 2.52. The first-order chi connectivity index (χ1) is 10.7. The molecule has 0 saturated carbocycles. The van der Waals surface area contributed by atoms with Crippen LogP contribution in [0.1, 0.15) is 32.6 Å². The standard InChI is InChI=1S/C16H30O6/c1-3-4-5-6-15(2)16(18)22-14-13-21-12-11-20-10-9-19-8-7-17/h17H,2-14H2,1H3. The van der Waals surface area contributed by atoms with Crippen LogP contribution in [0.2, 0.25) is 0 Å². The number of esters is 1. The summed E-state index contributed by atoms with van der Waals surface area (Å²) in [6.07, 6.45) is 3.88. The lowest BCUT2D eigenvalue weighted by Crippen LogP contribution is -2.15. The van der Waals surface area contributed by atoms with Crippen molar-refractivity contribution in [3.8, 4) is 0 Å². The van der Waals surface area contributed by atoms with E-state index in [4.69, 9.17) is 24.1 Å². The molecule has 0 aliphatic rings. The minimum Gasteiger partial charge on any atom is -0.460 e. The van der Waals surface area contributed by atoms with Gasteiger partial charge in [0.1, 0.15) is 6.61 Å². The molecule has 0 saturated heterocycles. The molecule has 0 amide bonds. The maximum absolute atomic E-state index is 11.6. The summed E-state index contributed by atoms with van der Waals surface area (Å²) < 4.78 is 20.6. The Morgan fingerprint density at radius 3 is 2.00 bits per heavy atom. The van der Waals surface area contributed by atoms with E-state index in [0.717, 1.165) is 19.3 Å². The fourth-order valence-electron chi connectivity index (χ4n) is 1.59. The molecule has 0 aromatic rings. The van der Waals surface area contributed by atoms with Crippen molar-refractivity contribution in [1.29, 1.82) is 0 Å². The molecular formula is C16H30O6. The van der Waals surface area contributed by atoms with Gasteiger partial charge in [0.2, 0.25) is 0 Å². The van der Waals surface area contributed by atoms with Gasteiger partial charge in [0, 0.05) is 5.57 Å². The Balaban J connectivity index is 3.28. The fraction of sp³-hybridized carbons (Fsp3) is 0.812. The molecule has 0 spiro atoms. The minimum absolute atomic E-state index is 0.0207. The lowest BCUT2D eigenvalue weighted by Gasteiger charge is -2.08. The van der Waals surface area contributed by atoms with Gasteiger partial charge < -0.3 is 24.1 Å². The van der Waals surface area contributed by atoms with Crippen LogP contribution in [0.25, 0.3) is 0 Å². The zero-order valence-electron chi connectivity index (χ0n) is 13.7. The first-order valence-electron chi connectivity index (χ1n) is 7.91. The van der Waals surface area contributed by atoms with Gasteiger partial charge in [-0.25, -0.2) is 4.79 Å². The van der Waals surface area contributed by atoms with Crippen molar-refractivity contribution < 1.29 is 28.8 Å². The summed E-state index contributed by atoms with van der Waals surface area (Å²) in [4.78, 5) is 11.6. The van der Waals surface area contributed by atoms with E-state index >= 15 is 0 Å². The number of hydrogen-bond donors (Lipinski definition) is 1. The molecule has 0 aromatic heterocycles. The number of carbonyl (C=O) groups is 1. The highest BCUT2D eigenvalue weighted by Crippen LogP contribution is 2.08. The van der Waals surface area contributed by atoms with Gasteiger partial charge in [0.05, 0.1) is 46.2 Å². The third kappa shape index (κ3) is 14.0. The van der Waals surface area contributed by atoms with Crippen molar-refractivity contribution in [2.24, 2.45) is 0 Å².